The van der Waals surface area contributed by atoms with Gasteiger partial charge in [-0.05, 0) is 41.4 Å². The summed E-state index contributed by atoms with van der Waals surface area (Å²) in [6.45, 7) is 1.91. The first-order chi connectivity index (χ1) is 17.2. The number of nitrogens with one attached hydrogen (secondary N) is 1. The maximum atomic E-state index is 13.6. The van der Waals surface area contributed by atoms with Crippen molar-refractivity contribution in [2.75, 3.05) is 13.1 Å². The summed E-state index contributed by atoms with van der Waals surface area (Å²) in [6, 6.07) is 31.4. The van der Waals surface area contributed by atoms with Crippen molar-refractivity contribution in [2.45, 2.75) is 43.4 Å². The van der Waals surface area contributed by atoms with Crippen molar-refractivity contribution < 1.29 is 9.90 Å². The van der Waals surface area contributed by atoms with Gasteiger partial charge in [-0.3, -0.25) is 9.69 Å². The minimum atomic E-state index is -1.44. The van der Waals surface area contributed by atoms with E-state index in [1.165, 1.54) is 11.1 Å². The number of carbonyl (C=O) groups excluding carboxylic acids is 1. The van der Waals surface area contributed by atoms with Gasteiger partial charge in [0.1, 0.15) is 0 Å². The van der Waals surface area contributed by atoms with Crippen LogP contribution in [-0.2, 0) is 10.4 Å². The maximum Gasteiger partial charge on any atom is 0.257 e. The van der Waals surface area contributed by atoms with Crippen molar-refractivity contribution in [3.63, 3.8) is 0 Å². The molecule has 0 aromatic heterocycles. The van der Waals surface area contributed by atoms with Crippen molar-refractivity contribution >= 4 is 5.91 Å². The van der Waals surface area contributed by atoms with Gasteiger partial charge in [-0.15, -0.1) is 0 Å². The van der Waals surface area contributed by atoms with Gasteiger partial charge in [0, 0.05) is 25.0 Å². The summed E-state index contributed by atoms with van der Waals surface area (Å²) in [7, 11) is 0. The first-order valence-electron chi connectivity index (χ1n) is 13.1. The van der Waals surface area contributed by atoms with Crippen molar-refractivity contribution in [3.8, 4) is 0 Å². The zero-order valence-corrected chi connectivity index (χ0v) is 20.1. The van der Waals surface area contributed by atoms with E-state index in [0.717, 1.165) is 44.3 Å². The van der Waals surface area contributed by atoms with Gasteiger partial charge >= 0.3 is 0 Å². The predicted molar refractivity (Wildman–Crippen MR) is 138 cm³/mol. The second kappa shape index (κ2) is 9.25. The highest BCUT2D eigenvalue weighted by molar-refractivity contribution is 5.87. The van der Waals surface area contributed by atoms with Crippen LogP contribution >= 0.6 is 0 Å². The van der Waals surface area contributed by atoms with Crippen molar-refractivity contribution in [1.82, 2.24) is 10.2 Å². The van der Waals surface area contributed by atoms with Gasteiger partial charge in [-0.25, -0.2) is 0 Å². The number of carbonyl (C=O) groups is 1. The minimum Gasteiger partial charge on any atom is -0.375 e. The SMILES string of the molecule is O=C(NC1C2CN(C(c3ccccc3)c3ccccc3)C[C@@H]21)C(O)(c1ccccc1)C1CCCC1. The van der Waals surface area contributed by atoms with E-state index < -0.39 is 5.60 Å². The molecule has 1 saturated heterocycles. The van der Waals surface area contributed by atoms with Crippen LogP contribution < -0.4 is 5.32 Å². The molecular weight excluding hydrogens is 432 g/mol. The van der Waals surface area contributed by atoms with Crippen LogP contribution in [0.1, 0.15) is 48.4 Å². The first kappa shape index (κ1) is 22.5. The van der Waals surface area contributed by atoms with Gasteiger partial charge in [-0.2, -0.15) is 0 Å². The van der Waals surface area contributed by atoms with Gasteiger partial charge < -0.3 is 10.4 Å². The third-order valence-electron chi connectivity index (χ3n) is 8.62. The Bertz CT molecular complexity index is 1090. The average Bonchev–Trinajstić information content (AvgIpc) is 3.31. The third kappa shape index (κ3) is 4.09. The standard InChI is InChI=1S/C31H34N2O2/c34-30(31(35,25-18-10-11-19-25)24-16-8-3-9-17-24)32-28-26-20-33(21-27(26)28)29(22-12-4-1-5-13-22)23-14-6-2-7-15-23/h1-9,12-17,25-29,35H,10-11,18-21H2,(H,32,34)/t26-,27?,28?,31?/m0/s1. The lowest BCUT2D eigenvalue weighted by Gasteiger charge is -2.34. The molecule has 4 heteroatoms. The number of piperidine rings is 1. The third-order valence-corrected chi connectivity index (χ3v) is 8.62. The van der Waals surface area contributed by atoms with E-state index in [9.17, 15) is 9.90 Å². The molecule has 3 aromatic rings. The quantitative estimate of drug-likeness (QED) is 0.521. The Labute approximate surface area is 208 Å². The average molecular weight is 467 g/mol. The fraction of sp³-hybridized carbons (Fsp3) is 0.387. The van der Waals surface area contributed by atoms with E-state index in [2.05, 4.69) is 70.9 Å². The first-order valence-corrected chi connectivity index (χ1v) is 13.1. The normalized spacial score (nSPS) is 25.8. The summed E-state index contributed by atoms with van der Waals surface area (Å²) < 4.78 is 0. The Morgan fingerprint density at radius 2 is 1.29 bits per heavy atom. The van der Waals surface area contributed by atoms with E-state index in [-0.39, 0.29) is 23.9 Å². The lowest BCUT2D eigenvalue weighted by molar-refractivity contribution is -0.147. The Balaban J connectivity index is 1.17. The largest absolute Gasteiger partial charge is 0.375 e. The molecule has 4 atom stereocenters. The molecule has 3 unspecified atom stereocenters. The van der Waals surface area contributed by atoms with Gasteiger partial charge in [-0.1, -0.05) is 104 Å². The number of rotatable bonds is 7. The van der Waals surface area contributed by atoms with Crippen molar-refractivity contribution in [1.29, 1.82) is 0 Å². The molecule has 2 N–H and O–H groups in total. The summed E-state index contributed by atoms with van der Waals surface area (Å²) in [5.41, 5.74) is 1.90. The van der Waals surface area contributed by atoms with E-state index in [1.807, 2.05) is 30.3 Å². The lowest BCUT2D eigenvalue weighted by atomic mass is 9.79. The highest BCUT2D eigenvalue weighted by Crippen LogP contribution is 2.50. The number of likely N-dealkylation sites (tertiary alicyclic amines) is 1. The molecule has 1 heterocycles. The fourth-order valence-electron chi connectivity index (χ4n) is 6.72. The smallest absolute Gasteiger partial charge is 0.257 e. The number of aliphatic hydroxyl groups is 1. The molecule has 3 fully saturated rings. The lowest BCUT2D eigenvalue weighted by Crippen LogP contribution is -2.51. The summed E-state index contributed by atoms with van der Waals surface area (Å²) in [5, 5.41) is 15.1. The summed E-state index contributed by atoms with van der Waals surface area (Å²) in [5.74, 6) is 0.666. The molecule has 2 saturated carbocycles. The predicted octanol–water partition coefficient (Wildman–Crippen LogP) is 4.90. The number of fused-ring (bicyclic) bond motifs is 1. The van der Waals surface area contributed by atoms with Crippen LogP contribution in [0.2, 0.25) is 0 Å². The van der Waals surface area contributed by atoms with Crippen molar-refractivity contribution in [3.05, 3.63) is 108 Å². The number of nitrogens with zero attached hydrogens (tertiary/aromatic N) is 1. The molecule has 2 aliphatic carbocycles. The molecule has 180 valence electrons. The molecule has 1 aliphatic heterocycles. The Kier molecular flexibility index (Phi) is 5.95. The molecular formula is C31H34N2O2. The molecule has 1 amide bonds. The van der Waals surface area contributed by atoms with Crippen LogP contribution in [0.3, 0.4) is 0 Å². The van der Waals surface area contributed by atoms with Crippen LogP contribution in [-0.4, -0.2) is 35.0 Å². The van der Waals surface area contributed by atoms with Crippen molar-refractivity contribution in [2.24, 2.45) is 17.8 Å². The number of hydrogen-bond donors (Lipinski definition) is 2. The Hall–Kier alpha value is -2.95. The number of benzene rings is 3. The van der Waals surface area contributed by atoms with Gasteiger partial charge in [0.05, 0.1) is 6.04 Å². The number of amides is 1. The molecule has 3 aliphatic rings. The number of hydrogen-bond acceptors (Lipinski definition) is 3. The zero-order chi connectivity index (χ0) is 23.8. The molecule has 0 bridgehead atoms. The highest BCUT2D eigenvalue weighted by atomic mass is 16.3. The Morgan fingerprint density at radius 1 is 0.800 bits per heavy atom. The van der Waals surface area contributed by atoms with Crippen LogP contribution in [0, 0.1) is 17.8 Å². The van der Waals surface area contributed by atoms with E-state index in [1.54, 1.807) is 0 Å². The molecule has 0 spiro atoms. The summed E-state index contributed by atoms with van der Waals surface area (Å²) in [4.78, 5) is 16.2. The minimum absolute atomic E-state index is 0.0134. The molecule has 35 heavy (non-hydrogen) atoms. The molecule has 3 aromatic carbocycles. The van der Waals surface area contributed by atoms with E-state index in [4.69, 9.17) is 0 Å². The Morgan fingerprint density at radius 3 is 1.80 bits per heavy atom. The fourth-order valence-corrected chi connectivity index (χ4v) is 6.72. The molecule has 6 rings (SSSR count). The van der Waals surface area contributed by atoms with Crippen LogP contribution in [0.15, 0.2) is 91.0 Å². The topological polar surface area (TPSA) is 52.6 Å². The second-order valence-electron chi connectivity index (χ2n) is 10.6. The molecule has 4 nitrogen and oxygen atoms in total. The van der Waals surface area contributed by atoms with Gasteiger partial charge in [0.25, 0.3) is 5.91 Å². The van der Waals surface area contributed by atoms with Gasteiger partial charge in [0.2, 0.25) is 0 Å². The van der Waals surface area contributed by atoms with Crippen LogP contribution in [0.25, 0.3) is 0 Å². The van der Waals surface area contributed by atoms with Gasteiger partial charge in [0.15, 0.2) is 5.60 Å². The zero-order valence-electron chi connectivity index (χ0n) is 20.1. The van der Waals surface area contributed by atoms with E-state index in [0.29, 0.717) is 11.8 Å². The maximum absolute atomic E-state index is 13.6. The van der Waals surface area contributed by atoms with Crippen LogP contribution in [0.4, 0.5) is 0 Å². The second-order valence-corrected chi connectivity index (χ2v) is 10.6. The monoisotopic (exact) mass is 466 g/mol. The highest BCUT2D eigenvalue weighted by Gasteiger charge is 2.59. The van der Waals surface area contributed by atoms with Crippen LogP contribution in [0.5, 0.6) is 0 Å². The summed E-state index contributed by atoms with van der Waals surface area (Å²) >= 11 is 0. The summed E-state index contributed by atoms with van der Waals surface area (Å²) in [6.07, 6.45) is 3.97. The van der Waals surface area contributed by atoms with E-state index >= 15 is 0 Å². The molecule has 0 radical (unpaired) electrons.